The van der Waals surface area contributed by atoms with Gasteiger partial charge in [-0.1, -0.05) is 101 Å². The molecule has 2 aromatic rings. The van der Waals surface area contributed by atoms with E-state index in [-0.39, 0.29) is 18.0 Å². The number of hydrogen-bond donors (Lipinski definition) is 0. The maximum Gasteiger partial charge on any atom is 0.309 e. The Hall–Kier alpha value is -2.09. The lowest BCUT2D eigenvalue weighted by Gasteiger charge is -2.11. The van der Waals surface area contributed by atoms with Crippen LogP contribution in [0.4, 0.5) is 0 Å². The lowest BCUT2D eigenvalue weighted by molar-refractivity contribution is -0.144. The van der Waals surface area contributed by atoms with Crippen LogP contribution < -0.4 is 0 Å². The minimum absolute atomic E-state index is 0.00534. The predicted molar refractivity (Wildman–Crippen MR) is 121 cm³/mol. The quantitative estimate of drug-likeness (QED) is 0.290. The van der Waals surface area contributed by atoms with Gasteiger partial charge in [-0.15, -0.1) is 0 Å². The molecule has 0 aliphatic carbocycles. The topological polar surface area (TPSA) is 26.3 Å². The summed E-state index contributed by atoms with van der Waals surface area (Å²) >= 11 is 0. The van der Waals surface area contributed by atoms with Crippen LogP contribution in [0, 0.1) is 5.92 Å². The minimum atomic E-state index is -0.0753. The average Bonchev–Trinajstić information content (AvgIpc) is 3.13. The molecule has 1 fully saturated rings. The van der Waals surface area contributed by atoms with E-state index in [0.29, 0.717) is 0 Å². The van der Waals surface area contributed by atoms with Crippen molar-refractivity contribution in [1.29, 1.82) is 0 Å². The first-order valence-corrected chi connectivity index (χ1v) is 11.6. The van der Waals surface area contributed by atoms with Crippen molar-refractivity contribution in [3.05, 3.63) is 59.7 Å². The third-order valence-corrected chi connectivity index (χ3v) is 6.14. The first-order valence-electron chi connectivity index (χ1n) is 11.6. The van der Waals surface area contributed by atoms with Gasteiger partial charge in [-0.05, 0) is 41.5 Å². The number of unbranched alkanes of at least 4 members (excludes halogenated alkanes) is 5. The number of ether oxygens (including phenoxy) is 1. The molecule has 1 aliphatic rings. The summed E-state index contributed by atoms with van der Waals surface area (Å²) in [4.78, 5) is 12.2. The van der Waals surface area contributed by atoms with Gasteiger partial charge in [0.15, 0.2) is 0 Å². The fraction of sp³-hybridized carbons (Fsp3) is 0.519. The predicted octanol–water partition coefficient (Wildman–Crippen LogP) is 7.66. The number of aryl methyl sites for hydroxylation is 1. The number of benzene rings is 2. The summed E-state index contributed by atoms with van der Waals surface area (Å²) in [6.07, 6.45) is 11.6. The molecule has 1 saturated heterocycles. The van der Waals surface area contributed by atoms with Crippen LogP contribution in [-0.2, 0) is 16.0 Å². The number of carbonyl (C=O) groups is 1. The maximum atomic E-state index is 12.2. The number of esters is 1. The molecular formula is C27H36O2. The molecule has 2 atom stereocenters. The van der Waals surface area contributed by atoms with Crippen LogP contribution >= 0.6 is 0 Å². The normalized spacial score (nSPS) is 18.8. The summed E-state index contributed by atoms with van der Waals surface area (Å²) in [6, 6.07) is 17.5. The van der Waals surface area contributed by atoms with Crippen molar-refractivity contribution < 1.29 is 9.53 Å². The number of rotatable bonds is 11. The van der Waals surface area contributed by atoms with Crippen LogP contribution in [0.5, 0.6) is 0 Å². The SMILES string of the molecule is CCCCCC[C@H]1C[C@@H](c2ccc(-c3ccc(CCCCC)cc3)cc2)OC1=O. The first kappa shape index (κ1) is 21.6. The summed E-state index contributed by atoms with van der Waals surface area (Å²) in [5.41, 5.74) is 5.00. The Balaban J connectivity index is 1.55. The standard InChI is InChI=1S/C27H36O2/c1-3-5-7-9-11-25-20-26(29-27(25)28)24-18-16-23(17-19-24)22-14-12-21(13-15-22)10-8-6-4-2/h12-19,25-26H,3-11,20H2,1-2H3/t25-,26-/m0/s1. The van der Waals surface area contributed by atoms with Gasteiger partial charge >= 0.3 is 5.97 Å². The molecule has 29 heavy (non-hydrogen) atoms. The monoisotopic (exact) mass is 392 g/mol. The minimum Gasteiger partial charge on any atom is -0.457 e. The van der Waals surface area contributed by atoms with E-state index in [9.17, 15) is 4.79 Å². The highest BCUT2D eigenvalue weighted by molar-refractivity contribution is 5.75. The maximum absolute atomic E-state index is 12.2. The second kappa shape index (κ2) is 11.2. The van der Waals surface area contributed by atoms with Crippen molar-refractivity contribution in [2.24, 2.45) is 5.92 Å². The van der Waals surface area contributed by atoms with Crippen LogP contribution in [-0.4, -0.2) is 5.97 Å². The largest absolute Gasteiger partial charge is 0.457 e. The molecule has 0 saturated carbocycles. The van der Waals surface area contributed by atoms with E-state index in [1.165, 1.54) is 61.6 Å². The summed E-state index contributed by atoms with van der Waals surface area (Å²) in [5, 5.41) is 0. The molecule has 0 N–H and O–H groups in total. The molecule has 2 heteroatoms. The van der Waals surface area contributed by atoms with Gasteiger partial charge in [-0.3, -0.25) is 4.79 Å². The van der Waals surface area contributed by atoms with Gasteiger partial charge in [0.2, 0.25) is 0 Å². The lowest BCUT2D eigenvalue weighted by Crippen LogP contribution is -2.06. The third kappa shape index (κ3) is 6.19. The molecule has 0 radical (unpaired) electrons. The molecule has 0 unspecified atom stereocenters. The Morgan fingerprint density at radius 3 is 2.07 bits per heavy atom. The molecule has 2 aromatic carbocycles. The molecule has 0 amide bonds. The Morgan fingerprint density at radius 2 is 1.41 bits per heavy atom. The molecule has 1 aliphatic heterocycles. The summed E-state index contributed by atoms with van der Waals surface area (Å²) in [5.74, 6) is 0.0750. The molecule has 0 aromatic heterocycles. The zero-order valence-corrected chi connectivity index (χ0v) is 18.2. The third-order valence-electron chi connectivity index (χ3n) is 6.14. The fourth-order valence-electron chi connectivity index (χ4n) is 4.23. The van der Waals surface area contributed by atoms with Crippen LogP contribution in [0.15, 0.2) is 48.5 Å². The first-order chi connectivity index (χ1) is 14.2. The Kier molecular flexibility index (Phi) is 8.34. The van der Waals surface area contributed by atoms with Crippen molar-refractivity contribution in [3.8, 4) is 11.1 Å². The van der Waals surface area contributed by atoms with Crippen LogP contribution in [0.2, 0.25) is 0 Å². The van der Waals surface area contributed by atoms with Crippen molar-refractivity contribution in [1.82, 2.24) is 0 Å². The van der Waals surface area contributed by atoms with Crippen molar-refractivity contribution in [3.63, 3.8) is 0 Å². The summed E-state index contributed by atoms with van der Waals surface area (Å²) < 4.78 is 5.69. The van der Waals surface area contributed by atoms with Gasteiger partial charge in [-0.2, -0.15) is 0 Å². The fourth-order valence-corrected chi connectivity index (χ4v) is 4.23. The van der Waals surface area contributed by atoms with E-state index in [4.69, 9.17) is 4.74 Å². The number of carbonyl (C=O) groups excluding carboxylic acids is 1. The van der Waals surface area contributed by atoms with Crippen molar-refractivity contribution in [2.75, 3.05) is 0 Å². The van der Waals surface area contributed by atoms with Gasteiger partial charge in [0.05, 0.1) is 5.92 Å². The zero-order valence-electron chi connectivity index (χ0n) is 18.2. The number of hydrogen-bond acceptors (Lipinski definition) is 2. The molecule has 1 heterocycles. The van der Waals surface area contributed by atoms with Crippen molar-refractivity contribution >= 4 is 5.97 Å². The van der Waals surface area contributed by atoms with Gasteiger partial charge in [-0.25, -0.2) is 0 Å². The molecule has 3 rings (SSSR count). The lowest BCUT2D eigenvalue weighted by atomic mass is 9.94. The van der Waals surface area contributed by atoms with E-state index in [1.807, 2.05) is 0 Å². The number of cyclic esters (lactones) is 1. The molecule has 156 valence electrons. The van der Waals surface area contributed by atoms with Crippen LogP contribution in [0.3, 0.4) is 0 Å². The Morgan fingerprint density at radius 1 is 0.793 bits per heavy atom. The molecular weight excluding hydrogens is 356 g/mol. The van der Waals surface area contributed by atoms with E-state index in [0.717, 1.165) is 24.8 Å². The second-order valence-electron chi connectivity index (χ2n) is 8.48. The van der Waals surface area contributed by atoms with Gasteiger partial charge in [0.1, 0.15) is 6.10 Å². The molecule has 0 spiro atoms. The summed E-state index contributed by atoms with van der Waals surface area (Å²) in [6.45, 7) is 4.46. The second-order valence-corrected chi connectivity index (χ2v) is 8.48. The van der Waals surface area contributed by atoms with E-state index in [2.05, 4.69) is 62.4 Å². The van der Waals surface area contributed by atoms with Crippen LogP contribution in [0.1, 0.15) is 88.9 Å². The van der Waals surface area contributed by atoms with E-state index >= 15 is 0 Å². The van der Waals surface area contributed by atoms with Gasteiger partial charge in [0.25, 0.3) is 0 Å². The van der Waals surface area contributed by atoms with E-state index < -0.39 is 0 Å². The van der Waals surface area contributed by atoms with E-state index in [1.54, 1.807) is 0 Å². The van der Waals surface area contributed by atoms with Gasteiger partial charge in [0, 0.05) is 6.42 Å². The van der Waals surface area contributed by atoms with Crippen LogP contribution in [0.25, 0.3) is 11.1 Å². The smallest absolute Gasteiger partial charge is 0.309 e. The highest BCUT2D eigenvalue weighted by Gasteiger charge is 2.34. The average molecular weight is 393 g/mol. The highest BCUT2D eigenvalue weighted by Crippen LogP contribution is 2.36. The van der Waals surface area contributed by atoms with Gasteiger partial charge < -0.3 is 4.74 Å². The molecule has 0 bridgehead atoms. The highest BCUT2D eigenvalue weighted by atomic mass is 16.5. The Labute approximate surface area is 176 Å². The van der Waals surface area contributed by atoms with Crippen molar-refractivity contribution in [2.45, 2.75) is 84.2 Å². The zero-order chi connectivity index (χ0) is 20.5. The summed E-state index contributed by atoms with van der Waals surface area (Å²) in [7, 11) is 0. The molecule has 2 nitrogen and oxygen atoms in total. The Bertz CT molecular complexity index is 745.